The van der Waals surface area contributed by atoms with E-state index in [2.05, 4.69) is 51.4 Å². The fourth-order valence-electron chi connectivity index (χ4n) is 4.48. The third-order valence-corrected chi connectivity index (χ3v) is 6.08. The first-order chi connectivity index (χ1) is 13.2. The zero-order chi connectivity index (χ0) is 18.8. The fraction of sp³-hybridized carbons (Fsp3) is 0.619. The van der Waals surface area contributed by atoms with Gasteiger partial charge < -0.3 is 14.4 Å². The van der Waals surface area contributed by atoms with Crippen LogP contribution in [0.3, 0.4) is 0 Å². The minimum atomic E-state index is 0.140. The predicted molar refractivity (Wildman–Crippen MR) is 107 cm³/mol. The van der Waals surface area contributed by atoms with Crippen molar-refractivity contribution < 1.29 is 4.79 Å². The molecule has 0 spiro atoms. The Hall–Kier alpha value is -1.92. The Morgan fingerprint density at radius 3 is 2.70 bits per heavy atom. The number of likely N-dealkylation sites (N-methyl/N-ethyl adjacent to an activating group) is 1. The number of fused-ring (bicyclic) bond motifs is 1. The molecule has 0 radical (unpaired) electrons. The number of imidazole rings is 1. The number of nitrogens with zero attached hydrogens (tertiary/aromatic N) is 5. The maximum absolute atomic E-state index is 13.0. The van der Waals surface area contributed by atoms with Gasteiger partial charge in [-0.2, -0.15) is 0 Å². The van der Waals surface area contributed by atoms with Crippen LogP contribution in [0.1, 0.15) is 25.6 Å². The van der Waals surface area contributed by atoms with Crippen molar-refractivity contribution >= 4 is 16.9 Å². The minimum Gasteiger partial charge on any atom is -0.340 e. The zero-order valence-corrected chi connectivity index (χ0v) is 16.6. The SMILES string of the molecule is CCn1c(CN2CCC[C@H](C(=O)N3CCN(C)CC3)C2)nc2ccccc21. The van der Waals surface area contributed by atoms with Crippen LogP contribution in [0.25, 0.3) is 11.0 Å². The van der Waals surface area contributed by atoms with Crippen LogP contribution >= 0.6 is 0 Å². The topological polar surface area (TPSA) is 44.6 Å². The highest BCUT2D eigenvalue weighted by molar-refractivity contribution is 5.79. The second-order valence-electron chi connectivity index (χ2n) is 7.96. The van der Waals surface area contributed by atoms with E-state index in [1.807, 2.05) is 6.07 Å². The molecule has 0 aliphatic carbocycles. The Kier molecular flexibility index (Phi) is 5.45. The van der Waals surface area contributed by atoms with E-state index in [1.54, 1.807) is 0 Å². The molecule has 3 heterocycles. The van der Waals surface area contributed by atoms with Crippen molar-refractivity contribution in [2.45, 2.75) is 32.9 Å². The van der Waals surface area contributed by atoms with E-state index in [9.17, 15) is 4.79 Å². The number of benzene rings is 1. The monoisotopic (exact) mass is 369 g/mol. The zero-order valence-electron chi connectivity index (χ0n) is 16.6. The molecule has 2 fully saturated rings. The molecule has 2 saturated heterocycles. The van der Waals surface area contributed by atoms with Gasteiger partial charge in [0.05, 0.1) is 23.5 Å². The molecule has 1 atom stereocenters. The molecule has 2 aromatic rings. The molecule has 0 bridgehead atoms. The van der Waals surface area contributed by atoms with Gasteiger partial charge in [0.25, 0.3) is 0 Å². The summed E-state index contributed by atoms with van der Waals surface area (Å²) >= 11 is 0. The average molecular weight is 370 g/mol. The van der Waals surface area contributed by atoms with Crippen molar-refractivity contribution in [1.29, 1.82) is 0 Å². The molecule has 0 unspecified atom stereocenters. The lowest BCUT2D eigenvalue weighted by atomic mass is 9.96. The van der Waals surface area contributed by atoms with Crippen molar-refractivity contribution in [2.75, 3.05) is 46.3 Å². The summed E-state index contributed by atoms with van der Waals surface area (Å²) < 4.78 is 2.31. The van der Waals surface area contributed by atoms with E-state index < -0.39 is 0 Å². The first-order valence-electron chi connectivity index (χ1n) is 10.3. The molecule has 2 aliphatic heterocycles. The van der Waals surface area contributed by atoms with E-state index in [4.69, 9.17) is 4.98 Å². The van der Waals surface area contributed by atoms with Gasteiger partial charge >= 0.3 is 0 Å². The van der Waals surface area contributed by atoms with Crippen LogP contribution in [-0.2, 0) is 17.9 Å². The molecule has 0 N–H and O–H groups in total. The maximum Gasteiger partial charge on any atom is 0.227 e. The Balaban J connectivity index is 1.44. The van der Waals surface area contributed by atoms with Gasteiger partial charge in [-0.1, -0.05) is 12.1 Å². The van der Waals surface area contributed by atoms with Gasteiger partial charge in [0, 0.05) is 39.3 Å². The summed E-state index contributed by atoms with van der Waals surface area (Å²) in [7, 11) is 2.13. The van der Waals surface area contributed by atoms with E-state index in [1.165, 1.54) is 5.52 Å². The Morgan fingerprint density at radius 2 is 1.93 bits per heavy atom. The first kappa shape index (κ1) is 18.4. The van der Waals surface area contributed by atoms with E-state index in [-0.39, 0.29) is 5.92 Å². The first-order valence-corrected chi connectivity index (χ1v) is 10.3. The number of carbonyl (C=O) groups excluding carboxylic acids is 1. The Morgan fingerprint density at radius 1 is 1.15 bits per heavy atom. The van der Waals surface area contributed by atoms with Crippen molar-refractivity contribution in [3.63, 3.8) is 0 Å². The maximum atomic E-state index is 13.0. The molecular formula is C21H31N5O. The lowest BCUT2D eigenvalue weighted by Gasteiger charge is -2.38. The molecule has 1 aromatic heterocycles. The van der Waals surface area contributed by atoms with Crippen LogP contribution in [0.2, 0.25) is 0 Å². The second-order valence-corrected chi connectivity index (χ2v) is 7.96. The predicted octanol–water partition coefficient (Wildman–Crippen LogP) is 2.04. The number of piperazine rings is 1. The number of para-hydroxylation sites is 2. The summed E-state index contributed by atoms with van der Waals surface area (Å²) in [6, 6.07) is 8.35. The highest BCUT2D eigenvalue weighted by Crippen LogP contribution is 2.23. The van der Waals surface area contributed by atoms with Crippen LogP contribution < -0.4 is 0 Å². The summed E-state index contributed by atoms with van der Waals surface area (Å²) in [5, 5.41) is 0. The number of aryl methyl sites for hydroxylation is 1. The van der Waals surface area contributed by atoms with Crippen LogP contribution in [0.4, 0.5) is 0 Å². The highest BCUT2D eigenvalue weighted by Gasteiger charge is 2.31. The summed E-state index contributed by atoms with van der Waals surface area (Å²) in [5.41, 5.74) is 2.27. The van der Waals surface area contributed by atoms with Gasteiger partial charge in [0.2, 0.25) is 5.91 Å². The van der Waals surface area contributed by atoms with Gasteiger partial charge in [0.15, 0.2) is 0 Å². The number of carbonyl (C=O) groups is 1. The minimum absolute atomic E-state index is 0.140. The van der Waals surface area contributed by atoms with Crippen molar-refractivity contribution in [2.24, 2.45) is 5.92 Å². The van der Waals surface area contributed by atoms with Crippen molar-refractivity contribution in [3.05, 3.63) is 30.1 Å². The van der Waals surface area contributed by atoms with E-state index >= 15 is 0 Å². The molecule has 6 nitrogen and oxygen atoms in total. The number of aromatic nitrogens is 2. The van der Waals surface area contributed by atoms with Gasteiger partial charge in [-0.25, -0.2) is 4.98 Å². The number of hydrogen-bond acceptors (Lipinski definition) is 4. The number of amides is 1. The number of likely N-dealkylation sites (tertiary alicyclic amines) is 1. The molecule has 146 valence electrons. The molecule has 0 saturated carbocycles. The van der Waals surface area contributed by atoms with Gasteiger partial charge in [-0.05, 0) is 45.5 Å². The van der Waals surface area contributed by atoms with Gasteiger partial charge in [-0.3, -0.25) is 9.69 Å². The summed E-state index contributed by atoms with van der Waals surface area (Å²) in [5.74, 6) is 1.62. The van der Waals surface area contributed by atoms with Crippen LogP contribution in [0.15, 0.2) is 24.3 Å². The molecule has 4 rings (SSSR count). The summed E-state index contributed by atoms with van der Waals surface area (Å²) in [6.07, 6.45) is 2.11. The normalized spacial score (nSPS) is 22.4. The van der Waals surface area contributed by atoms with Crippen LogP contribution in [0.5, 0.6) is 0 Å². The molecule has 1 amide bonds. The third kappa shape index (κ3) is 3.87. The van der Waals surface area contributed by atoms with E-state index in [0.717, 1.165) is 76.5 Å². The van der Waals surface area contributed by atoms with Gasteiger partial charge in [0.1, 0.15) is 5.82 Å². The lowest BCUT2D eigenvalue weighted by molar-refractivity contribution is -0.139. The lowest BCUT2D eigenvalue weighted by Crippen LogP contribution is -2.51. The Bertz CT molecular complexity index is 793. The molecule has 2 aliphatic rings. The number of piperidine rings is 1. The molecule has 6 heteroatoms. The third-order valence-electron chi connectivity index (χ3n) is 6.08. The van der Waals surface area contributed by atoms with Crippen LogP contribution in [0, 0.1) is 5.92 Å². The average Bonchev–Trinajstić information content (AvgIpc) is 3.05. The number of hydrogen-bond donors (Lipinski definition) is 0. The second kappa shape index (κ2) is 7.98. The van der Waals surface area contributed by atoms with Crippen LogP contribution in [-0.4, -0.2) is 76.5 Å². The molecular weight excluding hydrogens is 338 g/mol. The largest absolute Gasteiger partial charge is 0.340 e. The summed E-state index contributed by atoms with van der Waals surface area (Å²) in [4.78, 5) is 24.7. The van der Waals surface area contributed by atoms with Gasteiger partial charge in [-0.15, -0.1) is 0 Å². The summed E-state index contributed by atoms with van der Waals surface area (Å²) in [6.45, 7) is 9.56. The van der Waals surface area contributed by atoms with Crippen molar-refractivity contribution in [1.82, 2.24) is 24.3 Å². The molecule has 1 aromatic carbocycles. The highest BCUT2D eigenvalue weighted by atomic mass is 16.2. The molecule has 27 heavy (non-hydrogen) atoms. The van der Waals surface area contributed by atoms with Crippen molar-refractivity contribution in [3.8, 4) is 0 Å². The van der Waals surface area contributed by atoms with E-state index in [0.29, 0.717) is 5.91 Å². The smallest absolute Gasteiger partial charge is 0.227 e. The Labute approximate surface area is 161 Å². The fourth-order valence-corrected chi connectivity index (χ4v) is 4.48. The standard InChI is InChI=1S/C21H31N5O/c1-3-26-19-9-5-4-8-18(19)22-20(26)16-24-10-6-7-17(15-24)21(27)25-13-11-23(2)12-14-25/h4-5,8-9,17H,3,6-7,10-16H2,1-2H3/t17-/m0/s1. The quantitative estimate of drug-likeness (QED) is 0.827. The number of rotatable bonds is 4.